The number of rotatable bonds is 1. The minimum Gasteiger partial charge on any atom is -0.549 e. The monoisotopic (exact) mass is 133 g/mol. The van der Waals surface area contributed by atoms with Crippen LogP contribution in [0.1, 0.15) is 0 Å². The molecule has 0 aromatic carbocycles. The van der Waals surface area contributed by atoms with E-state index in [4.69, 9.17) is 9.90 Å². The second-order valence-electron chi connectivity index (χ2n) is 0.576. The summed E-state index contributed by atoms with van der Waals surface area (Å²) in [6.07, 6.45) is 0. The molecule has 0 rings (SSSR count). The number of aliphatic carboxylic acids is 1. The molecule has 0 aliphatic carbocycles. The topological polar surface area (TPSA) is 66.2 Å². The predicted molar refractivity (Wildman–Crippen MR) is 14.1 cm³/mol. The zero-order valence-electron chi connectivity index (χ0n) is 2.93. The van der Waals surface area contributed by atoms with Crippen LogP contribution in [0, 0.1) is 0 Å². The van der Waals surface area contributed by atoms with Gasteiger partial charge in [-0.15, -0.1) is 0 Å². The summed E-state index contributed by atoms with van der Waals surface area (Å²) in [7, 11) is 0. The van der Waals surface area contributed by atoms with E-state index in [1.165, 1.54) is 0 Å². The van der Waals surface area contributed by atoms with Crippen molar-refractivity contribution in [3.63, 3.8) is 0 Å². The van der Waals surface area contributed by atoms with E-state index >= 15 is 0 Å². The third-order valence-corrected chi connectivity index (χ3v) is 0.167. The molecule has 0 aromatic rings. The van der Waals surface area contributed by atoms with Crippen LogP contribution in [0.2, 0.25) is 0 Å². The van der Waals surface area contributed by atoms with Crippen molar-refractivity contribution in [1.29, 1.82) is 0 Å². The van der Waals surface area contributed by atoms with Gasteiger partial charge in [-0.25, -0.2) is 0 Å². The standard InChI is InChI=1S/C2H5NO2.Co/c3-1-2(4)5;/h1,3H2,(H,4,5);/q;+3/p-1. The molecule has 0 atom stereocenters. The van der Waals surface area contributed by atoms with Crippen molar-refractivity contribution in [1.82, 2.24) is 0 Å². The molecule has 0 aliphatic heterocycles. The second-order valence-corrected chi connectivity index (χ2v) is 0.576. The molecule has 0 unspecified atom stereocenters. The summed E-state index contributed by atoms with van der Waals surface area (Å²) in [6.45, 7) is -0.389. The van der Waals surface area contributed by atoms with Gasteiger partial charge >= 0.3 is 16.8 Å². The first kappa shape index (κ1) is 9.34. The summed E-state index contributed by atoms with van der Waals surface area (Å²) in [4.78, 5) is 9.13. The molecule has 0 bridgehead atoms. The number of carboxylic acids is 1. The van der Waals surface area contributed by atoms with E-state index in [9.17, 15) is 0 Å². The first-order chi connectivity index (χ1) is 2.27. The third kappa shape index (κ3) is 9.05. The summed E-state index contributed by atoms with van der Waals surface area (Å²) in [5.41, 5.74) is 4.51. The summed E-state index contributed by atoms with van der Waals surface area (Å²) in [6, 6.07) is 0. The molecule has 0 spiro atoms. The predicted octanol–water partition coefficient (Wildman–Crippen LogP) is -2.31. The molecule has 3 nitrogen and oxygen atoms in total. The number of nitrogens with two attached hydrogens (primary N) is 1. The van der Waals surface area contributed by atoms with Gasteiger partial charge in [-0.05, 0) is 0 Å². The van der Waals surface area contributed by atoms with Gasteiger partial charge in [0.05, 0.1) is 5.97 Å². The van der Waals surface area contributed by atoms with Crippen LogP contribution in [0.4, 0.5) is 0 Å². The summed E-state index contributed by atoms with van der Waals surface area (Å²) in [5.74, 6) is -1.22. The molecule has 36 valence electrons. The van der Waals surface area contributed by atoms with Crippen molar-refractivity contribution in [3.8, 4) is 0 Å². The largest absolute Gasteiger partial charge is 3.00 e. The molecule has 2 N–H and O–H groups in total. The Balaban J connectivity index is 0. The normalized spacial score (nSPS) is 6.17. The maximum Gasteiger partial charge on any atom is 3.00 e. The molecule has 4 heteroatoms. The Labute approximate surface area is 45.7 Å². The van der Waals surface area contributed by atoms with Gasteiger partial charge in [0, 0.05) is 6.54 Å². The van der Waals surface area contributed by atoms with Crippen molar-refractivity contribution in [3.05, 3.63) is 0 Å². The fourth-order valence-electron chi connectivity index (χ4n) is 0. The number of carboxylic acid groups (broad SMARTS) is 1. The summed E-state index contributed by atoms with van der Waals surface area (Å²) in [5, 5.41) is 9.13. The van der Waals surface area contributed by atoms with Crippen molar-refractivity contribution in [2.75, 3.05) is 6.54 Å². The van der Waals surface area contributed by atoms with Crippen molar-refractivity contribution in [2.45, 2.75) is 0 Å². The molecule has 0 aliphatic rings. The minimum absolute atomic E-state index is 0. The van der Waals surface area contributed by atoms with Gasteiger partial charge in [0.25, 0.3) is 0 Å². The first-order valence-electron chi connectivity index (χ1n) is 1.17. The zero-order chi connectivity index (χ0) is 4.28. The van der Waals surface area contributed by atoms with Gasteiger partial charge < -0.3 is 15.6 Å². The fraction of sp³-hybridized carbons (Fsp3) is 0.500. The van der Waals surface area contributed by atoms with Gasteiger partial charge in [0.15, 0.2) is 0 Å². The van der Waals surface area contributed by atoms with Gasteiger partial charge in [-0.1, -0.05) is 0 Å². The van der Waals surface area contributed by atoms with Crippen molar-refractivity contribution >= 4 is 5.97 Å². The zero-order valence-corrected chi connectivity index (χ0v) is 3.98. The second kappa shape index (κ2) is 4.94. The van der Waals surface area contributed by atoms with Crippen LogP contribution >= 0.6 is 0 Å². The average Bonchev–Trinajstić information content (AvgIpc) is 1.38. The Hall–Kier alpha value is -0.0635. The van der Waals surface area contributed by atoms with E-state index < -0.39 is 5.97 Å². The third-order valence-electron chi connectivity index (χ3n) is 0.167. The molecule has 0 radical (unpaired) electrons. The Morgan fingerprint density at radius 2 is 2.00 bits per heavy atom. The maximum absolute atomic E-state index is 9.13. The maximum atomic E-state index is 9.13. The van der Waals surface area contributed by atoms with Gasteiger partial charge in [0.2, 0.25) is 0 Å². The summed E-state index contributed by atoms with van der Waals surface area (Å²) >= 11 is 0. The summed E-state index contributed by atoms with van der Waals surface area (Å²) < 4.78 is 0. The first-order valence-corrected chi connectivity index (χ1v) is 1.17. The van der Waals surface area contributed by atoms with Crippen molar-refractivity contribution < 1.29 is 26.7 Å². The molecule has 0 fully saturated rings. The van der Waals surface area contributed by atoms with Gasteiger partial charge in [0.1, 0.15) is 0 Å². The van der Waals surface area contributed by atoms with E-state index in [-0.39, 0.29) is 23.3 Å². The van der Waals surface area contributed by atoms with Crippen LogP contribution in [0.3, 0.4) is 0 Å². The van der Waals surface area contributed by atoms with Crippen LogP contribution in [0.5, 0.6) is 0 Å². The van der Waals surface area contributed by atoms with Gasteiger partial charge in [-0.3, -0.25) is 0 Å². The Morgan fingerprint density at radius 1 is 1.83 bits per heavy atom. The number of carbonyl (C=O) groups excluding carboxylic acids is 1. The Bertz CT molecular complexity index is 46.8. The molecule has 6 heavy (non-hydrogen) atoms. The molecule has 0 heterocycles. The number of hydrogen-bond acceptors (Lipinski definition) is 3. The van der Waals surface area contributed by atoms with E-state index in [2.05, 4.69) is 5.73 Å². The smallest absolute Gasteiger partial charge is 0.549 e. The molecular weight excluding hydrogens is 129 g/mol. The number of hydrogen-bond donors (Lipinski definition) is 1. The minimum atomic E-state index is -1.22. The fourth-order valence-corrected chi connectivity index (χ4v) is 0. The Morgan fingerprint density at radius 3 is 2.00 bits per heavy atom. The van der Waals surface area contributed by atoms with E-state index in [0.717, 1.165) is 0 Å². The van der Waals surface area contributed by atoms with Gasteiger partial charge in [-0.2, -0.15) is 0 Å². The van der Waals surface area contributed by atoms with Crippen molar-refractivity contribution in [2.24, 2.45) is 5.73 Å². The average molecular weight is 133 g/mol. The van der Waals surface area contributed by atoms with E-state index in [0.29, 0.717) is 0 Å². The SMILES string of the molecule is NCC(=O)[O-].[Co+3]. The molecular formula is C2H4CoNO2+2. The van der Waals surface area contributed by atoms with Crippen LogP contribution in [-0.4, -0.2) is 12.5 Å². The molecule has 0 amide bonds. The quantitative estimate of drug-likeness (QED) is 0.437. The number of carbonyl (C=O) groups is 1. The molecule has 0 saturated heterocycles. The van der Waals surface area contributed by atoms with E-state index in [1.807, 2.05) is 0 Å². The Kier molecular flexibility index (Phi) is 7.68. The van der Waals surface area contributed by atoms with E-state index in [1.54, 1.807) is 0 Å². The molecule has 0 aromatic heterocycles. The molecule has 0 saturated carbocycles. The van der Waals surface area contributed by atoms with Crippen LogP contribution in [-0.2, 0) is 21.6 Å². The van der Waals surface area contributed by atoms with Crippen LogP contribution in [0.25, 0.3) is 0 Å². The van der Waals surface area contributed by atoms with Crippen LogP contribution in [0.15, 0.2) is 0 Å². The van der Waals surface area contributed by atoms with Crippen LogP contribution < -0.4 is 10.8 Å².